The lowest BCUT2D eigenvalue weighted by atomic mass is 10.0. The normalized spacial score (nSPS) is 12.4. The molecule has 0 aromatic heterocycles. The summed E-state index contributed by atoms with van der Waals surface area (Å²) in [6.45, 7) is 0. The summed E-state index contributed by atoms with van der Waals surface area (Å²) < 4.78 is 26.1. The van der Waals surface area contributed by atoms with Crippen LogP contribution in [-0.4, -0.2) is 5.11 Å². The van der Waals surface area contributed by atoms with E-state index >= 15 is 0 Å². The van der Waals surface area contributed by atoms with Crippen molar-refractivity contribution in [3.8, 4) is 0 Å². The van der Waals surface area contributed by atoms with Gasteiger partial charge >= 0.3 is 0 Å². The second kappa shape index (κ2) is 5.06. The molecule has 0 spiro atoms. The molecule has 0 aliphatic rings. The molecule has 1 unspecified atom stereocenters. The van der Waals surface area contributed by atoms with Crippen molar-refractivity contribution < 1.29 is 13.9 Å². The van der Waals surface area contributed by atoms with Crippen LogP contribution < -0.4 is 0 Å². The summed E-state index contributed by atoms with van der Waals surface area (Å²) in [5.74, 6) is -1.36. The van der Waals surface area contributed by atoms with E-state index in [1.807, 2.05) is 30.3 Å². The molecule has 3 heteroatoms. The number of hydrogen-bond donors (Lipinski definition) is 1. The Kier molecular flexibility index (Phi) is 3.49. The van der Waals surface area contributed by atoms with Gasteiger partial charge in [0.1, 0.15) is 11.6 Å². The molecule has 0 fully saturated rings. The van der Waals surface area contributed by atoms with E-state index in [2.05, 4.69) is 0 Å². The first kappa shape index (κ1) is 11.7. The van der Waals surface area contributed by atoms with Crippen LogP contribution in [-0.2, 0) is 6.42 Å². The average molecular weight is 234 g/mol. The van der Waals surface area contributed by atoms with E-state index < -0.39 is 17.7 Å². The van der Waals surface area contributed by atoms with Gasteiger partial charge in [0.2, 0.25) is 0 Å². The van der Waals surface area contributed by atoms with E-state index in [1.54, 1.807) is 0 Å². The minimum atomic E-state index is -0.960. The lowest BCUT2D eigenvalue weighted by Gasteiger charge is -2.12. The molecular weight excluding hydrogens is 222 g/mol. The fraction of sp³-hybridized carbons (Fsp3) is 0.143. The Hall–Kier alpha value is -1.74. The number of aliphatic hydroxyl groups is 1. The molecule has 2 rings (SSSR count). The van der Waals surface area contributed by atoms with Gasteiger partial charge in [-0.05, 0) is 11.6 Å². The van der Waals surface area contributed by atoms with Gasteiger partial charge < -0.3 is 5.11 Å². The summed E-state index contributed by atoms with van der Waals surface area (Å²) in [4.78, 5) is 0. The highest BCUT2D eigenvalue weighted by Crippen LogP contribution is 2.21. The predicted octanol–water partition coefficient (Wildman–Crippen LogP) is 3.24. The summed E-state index contributed by atoms with van der Waals surface area (Å²) in [7, 11) is 0. The first-order valence-electron chi connectivity index (χ1n) is 5.34. The van der Waals surface area contributed by atoms with Crippen LogP contribution in [0.25, 0.3) is 0 Å². The summed E-state index contributed by atoms with van der Waals surface area (Å²) in [6.07, 6.45) is -0.651. The number of rotatable bonds is 3. The smallest absolute Gasteiger partial charge is 0.131 e. The second-order valence-electron chi connectivity index (χ2n) is 3.87. The minimum absolute atomic E-state index is 0.121. The van der Waals surface area contributed by atoms with Gasteiger partial charge in [-0.2, -0.15) is 0 Å². The van der Waals surface area contributed by atoms with Crippen molar-refractivity contribution in [2.24, 2.45) is 0 Å². The van der Waals surface area contributed by atoms with E-state index in [4.69, 9.17) is 0 Å². The maximum absolute atomic E-state index is 13.4. The molecule has 0 amide bonds. The molecule has 0 radical (unpaired) electrons. The van der Waals surface area contributed by atoms with Crippen molar-refractivity contribution in [1.29, 1.82) is 0 Å². The van der Waals surface area contributed by atoms with Gasteiger partial charge in [-0.1, -0.05) is 36.4 Å². The van der Waals surface area contributed by atoms with Gasteiger partial charge in [0.15, 0.2) is 0 Å². The third-order valence-electron chi connectivity index (χ3n) is 2.59. The Bertz CT molecular complexity index is 497. The molecule has 0 saturated carbocycles. The molecular formula is C14H12F2O. The number of hydrogen-bond acceptors (Lipinski definition) is 1. The van der Waals surface area contributed by atoms with Crippen LogP contribution in [0.4, 0.5) is 8.78 Å². The first-order valence-corrected chi connectivity index (χ1v) is 5.34. The monoisotopic (exact) mass is 234 g/mol. The largest absolute Gasteiger partial charge is 0.388 e. The van der Waals surface area contributed by atoms with E-state index in [-0.39, 0.29) is 5.56 Å². The maximum atomic E-state index is 13.4. The van der Waals surface area contributed by atoms with E-state index in [9.17, 15) is 13.9 Å². The third kappa shape index (κ3) is 2.88. The molecule has 1 nitrogen and oxygen atoms in total. The highest BCUT2D eigenvalue weighted by molar-refractivity contribution is 5.24. The van der Waals surface area contributed by atoms with Crippen LogP contribution >= 0.6 is 0 Å². The SMILES string of the molecule is OC(Cc1ccccc1)c1ccc(F)cc1F. The minimum Gasteiger partial charge on any atom is -0.388 e. The van der Waals surface area contributed by atoms with Gasteiger partial charge in [0.05, 0.1) is 6.10 Å². The average Bonchev–Trinajstić information content (AvgIpc) is 2.30. The van der Waals surface area contributed by atoms with Gasteiger partial charge in [-0.3, -0.25) is 0 Å². The lowest BCUT2D eigenvalue weighted by Crippen LogP contribution is -2.04. The molecule has 1 N–H and O–H groups in total. The topological polar surface area (TPSA) is 20.2 Å². The second-order valence-corrected chi connectivity index (χ2v) is 3.87. The zero-order valence-electron chi connectivity index (χ0n) is 9.11. The summed E-state index contributed by atoms with van der Waals surface area (Å²) >= 11 is 0. The van der Waals surface area contributed by atoms with Crippen molar-refractivity contribution in [3.63, 3.8) is 0 Å². The Morgan fingerprint density at radius 2 is 1.71 bits per heavy atom. The standard InChI is InChI=1S/C14H12F2O/c15-11-6-7-12(13(16)9-11)14(17)8-10-4-2-1-3-5-10/h1-7,9,14,17H,8H2. The maximum Gasteiger partial charge on any atom is 0.131 e. The van der Waals surface area contributed by atoms with Gasteiger partial charge in [0, 0.05) is 18.1 Å². The molecule has 17 heavy (non-hydrogen) atoms. The van der Waals surface area contributed by atoms with Crippen LogP contribution in [0.3, 0.4) is 0 Å². The predicted molar refractivity (Wildman–Crippen MR) is 61.5 cm³/mol. The zero-order valence-corrected chi connectivity index (χ0v) is 9.11. The molecule has 0 saturated heterocycles. The highest BCUT2D eigenvalue weighted by atomic mass is 19.1. The van der Waals surface area contributed by atoms with Gasteiger partial charge in [0.25, 0.3) is 0 Å². The highest BCUT2D eigenvalue weighted by Gasteiger charge is 2.13. The van der Waals surface area contributed by atoms with Crippen molar-refractivity contribution in [2.45, 2.75) is 12.5 Å². The molecule has 0 heterocycles. The molecule has 0 aliphatic carbocycles. The molecule has 88 valence electrons. The fourth-order valence-electron chi connectivity index (χ4n) is 1.72. The Morgan fingerprint density at radius 3 is 2.35 bits per heavy atom. The zero-order chi connectivity index (χ0) is 12.3. The molecule has 2 aromatic carbocycles. The number of halogens is 2. The lowest BCUT2D eigenvalue weighted by molar-refractivity contribution is 0.173. The Labute approximate surface area is 98.3 Å². The fourth-order valence-corrected chi connectivity index (χ4v) is 1.72. The van der Waals surface area contributed by atoms with Crippen LogP contribution in [0.5, 0.6) is 0 Å². The van der Waals surface area contributed by atoms with Crippen LogP contribution in [0.15, 0.2) is 48.5 Å². The summed E-state index contributed by atoms with van der Waals surface area (Å²) in [5.41, 5.74) is 1.03. The quantitative estimate of drug-likeness (QED) is 0.864. The van der Waals surface area contributed by atoms with Crippen molar-refractivity contribution in [2.75, 3.05) is 0 Å². The van der Waals surface area contributed by atoms with Crippen LogP contribution in [0.1, 0.15) is 17.2 Å². The Balaban J connectivity index is 2.17. The van der Waals surface area contributed by atoms with E-state index in [0.29, 0.717) is 6.42 Å². The number of benzene rings is 2. The van der Waals surface area contributed by atoms with Gasteiger partial charge in [-0.15, -0.1) is 0 Å². The third-order valence-corrected chi connectivity index (χ3v) is 2.59. The summed E-state index contributed by atoms with van der Waals surface area (Å²) in [5, 5.41) is 9.88. The number of aliphatic hydroxyl groups excluding tert-OH is 1. The van der Waals surface area contributed by atoms with Crippen molar-refractivity contribution in [1.82, 2.24) is 0 Å². The van der Waals surface area contributed by atoms with Gasteiger partial charge in [-0.25, -0.2) is 8.78 Å². The van der Waals surface area contributed by atoms with E-state index in [0.717, 1.165) is 17.7 Å². The van der Waals surface area contributed by atoms with E-state index in [1.165, 1.54) is 6.07 Å². The molecule has 2 aromatic rings. The molecule has 0 bridgehead atoms. The molecule has 1 atom stereocenters. The Morgan fingerprint density at radius 1 is 1.00 bits per heavy atom. The van der Waals surface area contributed by atoms with Crippen LogP contribution in [0, 0.1) is 11.6 Å². The van der Waals surface area contributed by atoms with Crippen molar-refractivity contribution >= 4 is 0 Å². The van der Waals surface area contributed by atoms with Crippen molar-refractivity contribution in [3.05, 3.63) is 71.3 Å². The molecule has 0 aliphatic heterocycles. The first-order chi connectivity index (χ1) is 8.16. The van der Waals surface area contributed by atoms with Crippen LogP contribution in [0.2, 0.25) is 0 Å². The summed E-state index contributed by atoms with van der Waals surface area (Å²) in [6, 6.07) is 12.5.